The number of rotatable bonds is 2. The summed E-state index contributed by atoms with van der Waals surface area (Å²) in [6.07, 6.45) is 3.17. The zero-order valence-corrected chi connectivity index (χ0v) is 12.6. The van der Waals surface area contributed by atoms with Gasteiger partial charge in [0.1, 0.15) is 5.71 Å². The maximum Gasteiger partial charge on any atom is 0.366 e. The van der Waals surface area contributed by atoms with E-state index in [1.807, 2.05) is 0 Å². The summed E-state index contributed by atoms with van der Waals surface area (Å²) in [5, 5.41) is 3.78. The predicted molar refractivity (Wildman–Crippen MR) is 79.5 cm³/mol. The summed E-state index contributed by atoms with van der Waals surface area (Å²) >= 11 is 3.27. The molecular formula is C15H12BrNO3. The summed E-state index contributed by atoms with van der Waals surface area (Å²) in [6.45, 7) is 3.40. The van der Waals surface area contributed by atoms with Gasteiger partial charge in [-0.15, -0.1) is 0 Å². The molecule has 0 N–H and O–H groups in total. The van der Waals surface area contributed by atoms with E-state index in [9.17, 15) is 9.59 Å². The Bertz CT molecular complexity index is 647. The van der Waals surface area contributed by atoms with Crippen LogP contribution in [0.1, 0.15) is 24.2 Å². The van der Waals surface area contributed by atoms with Crippen LogP contribution in [0.2, 0.25) is 0 Å². The van der Waals surface area contributed by atoms with Crippen molar-refractivity contribution in [2.24, 2.45) is 5.16 Å². The summed E-state index contributed by atoms with van der Waals surface area (Å²) in [5.74, 6) is -0.583. The molecule has 0 fully saturated rings. The molecule has 0 amide bonds. The number of allylic oxidation sites excluding steroid dienone is 4. The molecule has 1 aliphatic rings. The van der Waals surface area contributed by atoms with E-state index in [2.05, 4.69) is 21.1 Å². The first-order valence-corrected chi connectivity index (χ1v) is 6.73. The Morgan fingerprint density at radius 1 is 1.15 bits per heavy atom. The van der Waals surface area contributed by atoms with Crippen molar-refractivity contribution < 1.29 is 14.4 Å². The quantitative estimate of drug-likeness (QED) is 0.473. The number of oxime groups is 1. The molecule has 0 atom stereocenters. The number of halogens is 1. The second-order valence-electron chi connectivity index (χ2n) is 4.36. The Morgan fingerprint density at radius 2 is 1.75 bits per heavy atom. The summed E-state index contributed by atoms with van der Waals surface area (Å²) in [7, 11) is 0. The van der Waals surface area contributed by atoms with Gasteiger partial charge in [-0.25, -0.2) is 4.79 Å². The molecule has 0 saturated carbocycles. The summed E-state index contributed by atoms with van der Waals surface area (Å²) in [5.41, 5.74) is 1.98. The van der Waals surface area contributed by atoms with Gasteiger partial charge in [-0.3, -0.25) is 4.79 Å². The van der Waals surface area contributed by atoms with Gasteiger partial charge in [0.25, 0.3) is 0 Å². The SMILES string of the molecule is CC1=CC(=NOC(=O)c2ccccc2Br)C=C(C)C1=O. The van der Waals surface area contributed by atoms with Gasteiger partial charge in [0, 0.05) is 4.47 Å². The van der Waals surface area contributed by atoms with E-state index in [0.717, 1.165) is 0 Å². The van der Waals surface area contributed by atoms with E-state index in [4.69, 9.17) is 4.84 Å². The first-order chi connectivity index (χ1) is 9.49. The number of hydrogen-bond donors (Lipinski definition) is 0. The third kappa shape index (κ3) is 3.11. The fraction of sp³-hybridized carbons (Fsp3) is 0.133. The molecule has 20 heavy (non-hydrogen) atoms. The van der Waals surface area contributed by atoms with Gasteiger partial charge in [0.05, 0.1) is 5.56 Å². The average Bonchev–Trinajstić information content (AvgIpc) is 2.42. The Morgan fingerprint density at radius 3 is 2.35 bits per heavy atom. The molecule has 0 unspecified atom stereocenters. The molecule has 1 aromatic carbocycles. The maximum absolute atomic E-state index is 11.9. The average molecular weight is 334 g/mol. The third-order valence-electron chi connectivity index (χ3n) is 2.77. The molecular weight excluding hydrogens is 322 g/mol. The van der Waals surface area contributed by atoms with Crippen molar-refractivity contribution in [2.45, 2.75) is 13.8 Å². The number of ketones is 1. The van der Waals surface area contributed by atoms with Crippen LogP contribution in [0.4, 0.5) is 0 Å². The summed E-state index contributed by atoms with van der Waals surface area (Å²) < 4.78 is 0.641. The highest BCUT2D eigenvalue weighted by molar-refractivity contribution is 9.10. The van der Waals surface area contributed by atoms with E-state index in [0.29, 0.717) is 26.9 Å². The van der Waals surface area contributed by atoms with Crippen LogP contribution in [0.25, 0.3) is 0 Å². The molecule has 4 nitrogen and oxygen atoms in total. The highest BCUT2D eigenvalue weighted by Crippen LogP contribution is 2.17. The van der Waals surface area contributed by atoms with Crippen LogP contribution in [0.15, 0.2) is 57.2 Å². The monoisotopic (exact) mass is 333 g/mol. The van der Waals surface area contributed by atoms with Crippen molar-refractivity contribution in [3.05, 3.63) is 57.6 Å². The van der Waals surface area contributed by atoms with E-state index in [-0.39, 0.29) is 5.78 Å². The van der Waals surface area contributed by atoms with Crippen molar-refractivity contribution in [1.29, 1.82) is 0 Å². The molecule has 0 bridgehead atoms. The van der Waals surface area contributed by atoms with Crippen LogP contribution in [-0.4, -0.2) is 17.5 Å². The lowest BCUT2D eigenvalue weighted by atomic mass is 9.98. The fourth-order valence-corrected chi connectivity index (χ4v) is 2.20. The van der Waals surface area contributed by atoms with Crippen LogP contribution in [0, 0.1) is 0 Å². The Kier molecular flexibility index (Phi) is 4.29. The van der Waals surface area contributed by atoms with Crippen molar-refractivity contribution in [3.8, 4) is 0 Å². The van der Waals surface area contributed by atoms with Crippen LogP contribution in [-0.2, 0) is 9.63 Å². The molecule has 102 valence electrons. The van der Waals surface area contributed by atoms with Crippen molar-refractivity contribution in [2.75, 3.05) is 0 Å². The van der Waals surface area contributed by atoms with Crippen LogP contribution < -0.4 is 0 Å². The number of carbonyl (C=O) groups is 2. The van der Waals surface area contributed by atoms with E-state index in [1.165, 1.54) is 0 Å². The smallest absolute Gasteiger partial charge is 0.312 e. The highest BCUT2D eigenvalue weighted by atomic mass is 79.9. The lowest BCUT2D eigenvalue weighted by molar-refractivity contribution is -0.112. The van der Waals surface area contributed by atoms with Gasteiger partial charge < -0.3 is 4.84 Å². The minimum Gasteiger partial charge on any atom is -0.312 e. The number of nitrogens with zero attached hydrogens (tertiary/aromatic N) is 1. The first kappa shape index (κ1) is 14.4. The lowest BCUT2D eigenvalue weighted by Crippen LogP contribution is -2.11. The summed E-state index contributed by atoms with van der Waals surface area (Å²) in [6, 6.07) is 6.93. The predicted octanol–water partition coefficient (Wildman–Crippen LogP) is 3.44. The maximum atomic E-state index is 11.9. The number of Topliss-reactive ketones (excluding diaryl/α,β-unsaturated/α-hetero) is 1. The Hall–Kier alpha value is -2.01. The van der Waals surface area contributed by atoms with E-state index in [1.54, 1.807) is 50.3 Å². The van der Waals surface area contributed by atoms with Gasteiger partial charge in [-0.1, -0.05) is 17.3 Å². The van der Waals surface area contributed by atoms with E-state index >= 15 is 0 Å². The second kappa shape index (κ2) is 5.96. The minimum atomic E-state index is -0.556. The molecule has 0 saturated heterocycles. The van der Waals surface area contributed by atoms with Crippen molar-refractivity contribution >= 4 is 33.4 Å². The van der Waals surface area contributed by atoms with Crippen molar-refractivity contribution in [1.82, 2.24) is 0 Å². The second-order valence-corrected chi connectivity index (χ2v) is 5.21. The highest BCUT2D eigenvalue weighted by Gasteiger charge is 2.15. The molecule has 2 rings (SSSR count). The largest absolute Gasteiger partial charge is 0.366 e. The minimum absolute atomic E-state index is 0.0268. The lowest BCUT2D eigenvalue weighted by Gasteiger charge is -2.08. The number of benzene rings is 1. The standard InChI is InChI=1S/C15H12BrNO3/c1-9-7-11(8-10(2)14(9)18)17-20-15(19)12-5-3-4-6-13(12)16/h3-8H,1-2H3. The molecule has 1 aliphatic carbocycles. The van der Waals surface area contributed by atoms with Gasteiger partial charge in [0.15, 0.2) is 5.78 Å². The van der Waals surface area contributed by atoms with Gasteiger partial charge in [-0.2, -0.15) is 0 Å². The zero-order chi connectivity index (χ0) is 14.7. The van der Waals surface area contributed by atoms with Gasteiger partial charge in [-0.05, 0) is 65.2 Å². The molecule has 5 heteroatoms. The molecule has 0 aliphatic heterocycles. The van der Waals surface area contributed by atoms with Gasteiger partial charge in [0.2, 0.25) is 0 Å². The first-order valence-electron chi connectivity index (χ1n) is 5.94. The molecule has 0 heterocycles. The van der Waals surface area contributed by atoms with Crippen LogP contribution >= 0.6 is 15.9 Å². The van der Waals surface area contributed by atoms with Crippen molar-refractivity contribution in [3.63, 3.8) is 0 Å². The fourth-order valence-electron chi connectivity index (χ4n) is 1.75. The number of hydrogen-bond acceptors (Lipinski definition) is 4. The molecule has 0 spiro atoms. The topological polar surface area (TPSA) is 55.7 Å². The Balaban J connectivity index is 2.17. The molecule has 1 aromatic rings. The summed E-state index contributed by atoms with van der Waals surface area (Å²) in [4.78, 5) is 28.3. The zero-order valence-electron chi connectivity index (χ0n) is 11.0. The van der Waals surface area contributed by atoms with Crippen LogP contribution in [0.5, 0.6) is 0 Å². The number of carbonyl (C=O) groups excluding carboxylic acids is 2. The van der Waals surface area contributed by atoms with E-state index < -0.39 is 5.97 Å². The molecule has 0 radical (unpaired) electrons. The van der Waals surface area contributed by atoms with Crippen LogP contribution in [0.3, 0.4) is 0 Å². The van der Waals surface area contributed by atoms with Gasteiger partial charge >= 0.3 is 5.97 Å². The Labute approximate surface area is 124 Å². The normalized spacial score (nSPS) is 14.6. The third-order valence-corrected chi connectivity index (χ3v) is 3.46. The molecule has 0 aromatic heterocycles.